The summed E-state index contributed by atoms with van der Waals surface area (Å²) in [6.07, 6.45) is -2.44. The molecule has 1 fully saturated rings. The first-order valence-corrected chi connectivity index (χ1v) is 15.0. The number of nitrogens with zero attached hydrogens (tertiary/aromatic N) is 4. The summed E-state index contributed by atoms with van der Waals surface area (Å²) in [5.74, 6) is 0.702. The number of guanidine groups is 1. The molecule has 0 atom stereocenters. The smallest absolute Gasteiger partial charge is 0.416 e. The molecule has 0 saturated carbocycles. The maximum Gasteiger partial charge on any atom is 0.416 e. The Hall–Kier alpha value is -4.74. The molecule has 2 aliphatic rings. The molecule has 0 N–H and O–H groups in total. The Morgan fingerprint density at radius 2 is 1.49 bits per heavy atom. The number of ether oxygens (including phenoxy) is 3. The van der Waals surface area contributed by atoms with E-state index in [2.05, 4.69) is 34.6 Å². The molecule has 0 spiro atoms. The average Bonchev–Trinajstić information content (AvgIpc) is 3.07. The molecule has 1 saturated heterocycles. The largest absolute Gasteiger partial charge is 0.497 e. The van der Waals surface area contributed by atoms with Gasteiger partial charge in [0, 0.05) is 50.4 Å². The molecular weight excluding hydrogens is 616 g/mol. The van der Waals surface area contributed by atoms with Gasteiger partial charge < -0.3 is 28.9 Å². The summed E-state index contributed by atoms with van der Waals surface area (Å²) in [5.41, 5.74) is 2.60. The summed E-state index contributed by atoms with van der Waals surface area (Å²) in [7, 11) is 4.38. The normalized spacial score (nSPS) is 13.9. The zero-order chi connectivity index (χ0) is 34.7. The number of alkyl halides is 3. The third-order valence-corrected chi connectivity index (χ3v) is 7.49. The van der Waals surface area contributed by atoms with Crippen LogP contribution in [0.2, 0.25) is 0 Å². The van der Waals surface area contributed by atoms with Crippen molar-refractivity contribution < 1.29 is 36.6 Å². The van der Waals surface area contributed by atoms with E-state index in [1.807, 2.05) is 36.1 Å². The fourth-order valence-electron chi connectivity index (χ4n) is 4.70. The highest BCUT2D eigenvalue weighted by Gasteiger charge is 2.35. The fraction of sp³-hybridized carbons (Fsp3) is 0.371. The van der Waals surface area contributed by atoms with Crippen molar-refractivity contribution in [2.45, 2.75) is 40.4 Å². The summed E-state index contributed by atoms with van der Waals surface area (Å²) >= 11 is 0. The van der Waals surface area contributed by atoms with Crippen LogP contribution < -0.4 is 19.3 Å². The van der Waals surface area contributed by atoms with E-state index in [1.165, 1.54) is 38.8 Å². The van der Waals surface area contributed by atoms with Gasteiger partial charge >= 0.3 is 12.1 Å². The van der Waals surface area contributed by atoms with Crippen molar-refractivity contribution in [3.8, 4) is 11.5 Å². The van der Waals surface area contributed by atoms with Gasteiger partial charge in [0.05, 0.1) is 39.1 Å². The summed E-state index contributed by atoms with van der Waals surface area (Å²) in [6.45, 7) is 10.1. The number of benzene rings is 3. The van der Waals surface area contributed by atoms with Gasteiger partial charge in [0.2, 0.25) is 5.96 Å². The molecule has 5 rings (SSSR count). The van der Waals surface area contributed by atoms with Crippen LogP contribution in [0.3, 0.4) is 0 Å². The number of piperazine rings is 1. The van der Waals surface area contributed by atoms with Crippen LogP contribution in [0.5, 0.6) is 11.5 Å². The second-order valence-corrected chi connectivity index (χ2v) is 10.9. The minimum absolute atomic E-state index is 0.152. The highest BCUT2D eigenvalue weighted by molar-refractivity contribution is 6.01. The molecule has 2 heterocycles. The molecule has 3 aromatic rings. The van der Waals surface area contributed by atoms with Crippen molar-refractivity contribution in [1.29, 1.82) is 0 Å². The van der Waals surface area contributed by atoms with Crippen molar-refractivity contribution >= 4 is 29.0 Å². The van der Waals surface area contributed by atoms with Crippen molar-refractivity contribution in [2.75, 3.05) is 57.3 Å². The predicted octanol–water partition coefficient (Wildman–Crippen LogP) is 7.84. The van der Waals surface area contributed by atoms with Crippen LogP contribution in [0.1, 0.15) is 38.8 Å². The highest BCUT2D eigenvalue weighted by atomic mass is 19.4. The van der Waals surface area contributed by atoms with E-state index >= 15 is 0 Å². The standard InChI is InChI=1S/C27H26F4N4O2.C5H10.C3H6O2/c1-36-21-7-4-6-20(16-21)33-11-13-34(14-12-33)26-32-25-18(5-3-8-22(25)28)17-35(26)23-15-19(27(29,30)31)9-10-24(23)37-2;1-4-5(2)3;1-3(4)5-2/h3-10,15-16H,11-14,17H2,1-2H3;4H,1-3H3;1-2H3. The van der Waals surface area contributed by atoms with Gasteiger partial charge in [0.15, 0.2) is 0 Å². The van der Waals surface area contributed by atoms with E-state index < -0.39 is 17.6 Å². The van der Waals surface area contributed by atoms with Gasteiger partial charge in [-0.05, 0) is 57.2 Å². The Bertz CT molecular complexity index is 1560. The zero-order valence-corrected chi connectivity index (χ0v) is 27.8. The van der Waals surface area contributed by atoms with Crippen LogP contribution in [0.25, 0.3) is 0 Å². The van der Waals surface area contributed by atoms with E-state index in [0.29, 0.717) is 37.7 Å². The van der Waals surface area contributed by atoms with E-state index in [0.717, 1.165) is 23.6 Å². The number of esters is 1. The number of hydrogen-bond donors (Lipinski definition) is 0. The number of rotatable bonds is 4. The molecule has 0 bridgehead atoms. The number of carbonyl (C=O) groups excluding carboxylic acids is 1. The van der Waals surface area contributed by atoms with E-state index in [1.54, 1.807) is 24.1 Å². The Morgan fingerprint density at radius 3 is 2.04 bits per heavy atom. The lowest BCUT2D eigenvalue weighted by atomic mass is 10.1. The SMILES string of the molecule is CC=C(C)C.COC(C)=O.COc1cccc(N2CCN(C3=Nc4c(F)cccc4CN3c3cc(C(F)(F)F)ccc3OC)CC2)c1. The lowest BCUT2D eigenvalue weighted by Gasteiger charge is -2.42. The highest BCUT2D eigenvalue weighted by Crippen LogP contribution is 2.40. The van der Waals surface area contributed by atoms with Crippen molar-refractivity contribution in [2.24, 2.45) is 4.99 Å². The summed E-state index contributed by atoms with van der Waals surface area (Å²) in [4.78, 5) is 20.1. The van der Waals surface area contributed by atoms with Crippen LogP contribution in [0.4, 0.5) is 34.6 Å². The maximum absolute atomic E-state index is 14.7. The molecule has 0 aromatic heterocycles. The number of halogens is 4. The second-order valence-electron chi connectivity index (χ2n) is 10.9. The van der Waals surface area contributed by atoms with Crippen LogP contribution in [-0.4, -0.2) is 64.3 Å². The Balaban J connectivity index is 0.000000526. The molecule has 47 heavy (non-hydrogen) atoms. The molecule has 12 heteroatoms. The minimum atomic E-state index is -4.53. The molecule has 254 valence electrons. The van der Waals surface area contributed by atoms with Crippen LogP contribution >= 0.6 is 0 Å². The molecule has 0 radical (unpaired) electrons. The molecule has 0 unspecified atom stereocenters. The quantitative estimate of drug-likeness (QED) is 0.161. The minimum Gasteiger partial charge on any atom is -0.497 e. The number of anilines is 2. The molecule has 0 amide bonds. The topological polar surface area (TPSA) is 66.8 Å². The Morgan fingerprint density at radius 1 is 0.872 bits per heavy atom. The first-order chi connectivity index (χ1) is 22.3. The number of para-hydroxylation sites is 1. The Kier molecular flexibility index (Phi) is 13.1. The third kappa shape index (κ3) is 9.87. The van der Waals surface area contributed by atoms with Crippen LogP contribution in [-0.2, 0) is 22.3 Å². The number of hydrogen-bond acceptors (Lipinski definition) is 8. The molecular formula is C35H42F4N4O4. The monoisotopic (exact) mass is 658 g/mol. The predicted molar refractivity (Wildman–Crippen MR) is 177 cm³/mol. The second kappa shape index (κ2) is 16.7. The third-order valence-electron chi connectivity index (χ3n) is 7.49. The number of fused-ring (bicyclic) bond motifs is 1. The molecule has 8 nitrogen and oxygen atoms in total. The van der Waals surface area contributed by atoms with E-state index in [9.17, 15) is 22.4 Å². The number of aliphatic imine (C=N–C) groups is 1. The lowest BCUT2D eigenvalue weighted by Crippen LogP contribution is -2.54. The lowest BCUT2D eigenvalue weighted by molar-refractivity contribution is -0.138. The summed E-state index contributed by atoms with van der Waals surface area (Å²) in [5, 5.41) is 0. The van der Waals surface area contributed by atoms with Crippen LogP contribution in [0.15, 0.2) is 77.3 Å². The van der Waals surface area contributed by atoms with Gasteiger partial charge in [-0.2, -0.15) is 13.2 Å². The molecule has 2 aliphatic heterocycles. The summed E-state index contributed by atoms with van der Waals surface area (Å²) < 4.78 is 70.4. The van der Waals surface area contributed by atoms with Crippen molar-refractivity contribution in [3.05, 3.63) is 89.3 Å². The van der Waals surface area contributed by atoms with Gasteiger partial charge in [-0.25, -0.2) is 9.38 Å². The van der Waals surface area contributed by atoms with Crippen LogP contribution in [0, 0.1) is 5.82 Å². The van der Waals surface area contributed by atoms with Gasteiger partial charge in [0.25, 0.3) is 0 Å². The first kappa shape index (κ1) is 36.7. The van der Waals surface area contributed by atoms with Gasteiger partial charge in [-0.15, -0.1) is 0 Å². The van der Waals surface area contributed by atoms with E-state index in [-0.39, 0.29) is 29.6 Å². The Labute approximate surface area is 273 Å². The fourth-order valence-corrected chi connectivity index (χ4v) is 4.70. The number of carbonyl (C=O) groups is 1. The van der Waals surface area contributed by atoms with E-state index in [4.69, 9.17) is 9.47 Å². The van der Waals surface area contributed by atoms with Gasteiger partial charge in [-0.3, -0.25) is 4.79 Å². The number of methoxy groups -OCH3 is 3. The van der Waals surface area contributed by atoms with Gasteiger partial charge in [-0.1, -0.05) is 29.8 Å². The molecule has 0 aliphatic carbocycles. The summed E-state index contributed by atoms with van der Waals surface area (Å²) in [6, 6.07) is 15.8. The van der Waals surface area contributed by atoms with Crippen molar-refractivity contribution in [3.63, 3.8) is 0 Å². The van der Waals surface area contributed by atoms with Crippen molar-refractivity contribution in [1.82, 2.24) is 4.90 Å². The van der Waals surface area contributed by atoms with Gasteiger partial charge in [0.1, 0.15) is 23.0 Å². The maximum atomic E-state index is 14.7. The number of allylic oxidation sites excluding steroid dienone is 2. The zero-order valence-electron chi connectivity index (χ0n) is 27.8. The first-order valence-electron chi connectivity index (χ1n) is 15.0. The average molecular weight is 659 g/mol. The molecule has 3 aromatic carbocycles.